The van der Waals surface area contributed by atoms with E-state index in [-0.39, 0.29) is 6.61 Å². The van der Waals surface area contributed by atoms with Gasteiger partial charge in [-0.25, -0.2) is 4.39 Å². The second-order valence-electron chi connectivity index (χ2n) is 2.68. The van der Waals surface area contributed by atoms with Crippen LogP contribution in [0.3, 0.4) is 0 Å². The first-order valence-electron chi connectivity index (χ1n) is 4.07. The van der Waals surface area contributed by atoms with Gasteiger partial charge in [-0.1, -0.05) is 52.9 Å². The first-order chi connectivity index (χ1) is 6.74. The lowest BCUT2D eigenvalue weighted by molar-refractivity contribution is -0.0388. The summed E-state index contributed by atoms with van der Waals surface area (Å²) in [4.78, 5) is 0. The van der Waals surface area contributed by atoms with Crippen molar-refractivity contribution >= 4 is 22.6 Å². The van der Waals surface area contributed by atoms with Crippen molar-refractivity contribution in [3.8, 4) is 6.07 Å². The minimum Gasteiger partial charge on any atom is -0.342 e. The van der Waals surface area contributed by atoms with E-state index in [1.54, 1.807) is 28.7 Å². The first-order valence-corrected chi connectivity index (χ1v) is 5.32. The lowest BCUT2D eigenvalue weighted by Crippen LogP contribution is -2.17. The lowest BCUT2D eigenvalue weighted by atomic mass is 10.2. The standard InChI is InChI=1S/C10H9FINO/c11-10(9(12)6-13)14-7-8-4-2-1-3-5-8/h1-5,9-10H,7H2. The van der Waals surface area contributed by atoms with Gasteiger partial charge in [-0.2, -0.15) is 5.26 Å². The van der Waals surface area contributed by atoms with Crippen LogP contribution in [-0.4, -0.2) is 10.3 Å². The number of alkyl halides is 2. The number of ether oxygens (including phenoxy) is 1. The van der Waals surface area contributed by atoms with E-state index in [1.807, 2.05) is 30.3 Å². The van der Waals surface area contributed by atoms with Gasteiger partial charge in [0.05, 0.1) is 12.7 Å². The molecule has 0 bridgehead atoms. The van der Waals surface area contributed by atoms with Gasteiger partial charge in [0.15, 0.2) is 3.92 Å². The molecule has 0 saturated heterocycles. The number of rotatable bonds is 4. The van der Waals surface area contributed by atoms with E-state index in [2.05, 4.69) is 0 Å². The Bertz CT molecular complexity index is 312. The van der Waals surface area contributed by atoms with Gasteiger partial charge in [0, 0.05) is 0 Å². The maximum absolute atomic E-state index is 13.0. The Balaban J connectivity index is 2.39. The number of nitrogens with zero attached hydrogens (tertiary/aromatic N) is 1. The van der Waals surface area contributed by atoms with E-state index in [9.17, 15) is 4.39 Å². The highest BCUT2D eigenvalue weighted by atomic mass is 127. The Morgan fingerprint density at radius 2 is 2.07 bits per heavy atom. The highest BCUT2D eigenvalue weighted by Gasteiger charge is 2.17. The molecule has 4 heteroatoms. The van der Waals surface area contributed by atoms with E-state index >= 15 is 0 Å². The smallest absolute Gasteiger partial charge is 0.224 e. The van der Waals surface area contributed by atoms with Crippen LogP contribution in [0, 0.1) is 11.3 Å². The number of nitriles is 1. The van der Waals surface area contributed by atoms with E-state index in [1.165, 1.54) is 0 Å². The molecule has 2 unspecified atom stereocenters. The SMILES string of the molecule is N#CC(I)C(F)OCc1ccccc1. The molecule has 74 valence electrons. The molecule has 0 fully saturated rings. The summed E-state index contributed by atoms with van der Waals surface area (Å²) in [5.41, 5.74) is 0.900. The summed E-state index contributed by atoms with van der Waals surface area (Å²) in [6.45, 7) is 0.198. The molecule has 0 radical (unpaired) electrons. The van der Waals surface area contributed by atoms with Crippen molar-refractivity contribution in [1.82, 2.24) is 0 Å². The molecule has 1 rings (SSSR count). The normalized spacial score (nSPS) is 14.4. The average molecular weight is 305 g/mol. The summed E-state index contributed by atoms with van der Waals surface area (Å²) in [6.07, 6.45) is -1.53. The van der Waals surface area contributed by atoms with Crippen LogP contribution >= 0.6 is 22.6 Å². The molecule has 0 saturated carbocycles. The molecule has 1 aromatic rings. The molecular weight excluding hydrogens is 296 g/mol. The largest absolute Gasteiger partial charge is 0.342 e. The second-order valence-corrected chi connectivity index (χ2v) is 4.02. The topological polar surface area (TPSA) is 33.0 Å². The fourth-order valence-corrected chi connectivity index (χ4v) is 1.10. The van der Waals surface area contributed by atoms with E-state index < -0.39 is 10.3 Å². The molecular formula is C10H9FINO. The molecule has 2 atom stereocenters. The zero-order valence-corrected chi connectivity index (χ0v) is 9.52. The zero-order valence-electron chi connectivity index (χ0n) is 7.36. The van der Waals surface area contributed by atoms with Crippen molar-refractivity contribution in [2.75, 3.05) is 0 Å². The minimum atomic E-state index is -1.53. The van der Waals surface area contributed by atoms with Gasteiger partial charge in [0.2, 0.25) is 6.36 Å². The highest BCUT2D eigenvalue weighted by molar-refractivity contribution is 14.1. The molecule has 14 heavy (non-hydrogen) atoms. The van der Waals surface area contributed by atoms with Crippen molar-refractivity contribution in [3.63, 3.8) is 0 Å². The van der Waals surface area contributed by atoms with Crippen molar-refractivity contribution in [1.29, 1.82) is 5.26 Å². The highest BCUT2D eigenvalue weighted by Crippen LogP contribution is 2.12. The van der Waals surface area contributed by atoms with Crippen LogP contribution in [0.5, 0.6) is 0 Å². The Morgan fingerprint density at radius 1 is 1.43 bits per heavy atom. The van der Waals surface area contributed by atoms with E-state index in [0.717, 1.165) is 5.56 Å². The second kappa shape index (κ2) is 5.94. The van der Waals surface area contributed by atoms with E-state index in [0.29, 0.717) is 0 Å². The van der Waals surface area contributed by atoms with Gasteiger partial charge in [0.25, 0.3) is 0 Å². The Hall–Kier alpha value is -0.670. The Kier molecular flexibility index (Phi) is 4.84. The summed E-state index contributed by atoms with van der Waals surface area (Å²) in [6, 6.07) is 11.1. The summed E-state index contributed by atoms with van der Waals surface area (Å²) < 4.78 is 17.2. The zero-order chi connectivity index (χ0) is 10.4. The number of halogens is 2. The molecule has 0 aliphatic heterocycles. The molecule has 0 aromatic heterocycles. The molecule has 0 aliphatic carbocycles. The Labute approximate surface area is 95.8 Å². The number of hydrogen-bond acceptors (Lipinski definition) is 2. The molecule has 0 aliphatic rings. The third-order valence-electron chi connectivity index (χ3n) is 1.61. The summed E-state index contributed by atoms with van der Waals surface area (Å²) in [5.74, 6) is 0. The summed E-state index contributed by atoms with van der Waals surface area (Å²) >= 11 is 1.71. The minimum absolute atomic E-state index is 0.198. The van der Waals surface area contributed by atoms with Crippen LogP contribution in [-0.2, 0) is 11.3 Å². The third kappa shape index (κ3) is 3.60. The van der Waals surface area contributed by atoms with Crippen LogP contribution in [0.2, 0.25) is 0 Å². The van der Waals surface area contributed by atoms with Gasteiger partial charge >= 0.3 is 0 Å². The summed E-state index contributed by atoms with van der Waals surface area (Å²) in [5, 5.41) is 8.42. The molecule has 1 aromatic carbocycles. The maximum atomic E-state index is 13.0. The van der Waals surface area contributed by atoms with Crippen LogP contribution in [0.4, 0.5) is 4.39 Å². The average Bonchev–Trinajstić information content (AvgIpc) is 2.26. The maximum Gasteiger partial charge on any atom is 0.224 e. The molecule has 0 N–H and O–H groups in total. The number of benzene rings is 1. The predicted octanol–water partition coefficient (Wildman–Crippen LogP) is 2.83. The van der Waals surface area contributed by atoms with Gasteiger partial charge in [-0.3, -0.25) is 0 Å². The number of hydrogen-bond donors (Lipinski definition) is 0. The predicted molar refractivity (Wildman–Crippen MR) is 59.5 cm³/mol. The third-order valence-corrected chi connectivity index (χ3v) is 2.45. The van der Waals surface area contributed by atoms with E-state index in [4.69, 9.17) is 10.00 Å². The quantitative estimate of drug-likeness (QED) is 0.633. The van der Waals surface area contributed by atoms with Crippen molar-refractivity contribution < 1.29 is 9.13 Å². The first kappa shape index (κ1) is 11.4. The molecule has 0 amide bonds. The van der Waals surface area contributed by atoms with Crippen LogP contribution < -0.4 is 0 Å². The fraction of sp³-hybridized carbons (Fsp3) is 0.300. The van der Waals surface area contributed by atoms with Crippen molar-refractivity contribution in [3.05, 3.63) is 35.9 Å². The van der Waals surface area contributed by atoms with Crippen molar-refractivity contribution in [2.45, 2.75) is 16.9 Å². The Morgan fingerprint density at radius 3 is 2.64 bits per heavy atom. The lowest BCUT2D eigenvalue weighted by Gasteiger charge is -2.09. The fourth-order valence-electron chi connectivity index (χ4n) is 0.893. The van der Waals surface area contributed by atoms with Crippen LogP contribution in [0.25, 0.3) is 0 Å². The van der Waals surface area contributed by atoms with Gasteiger partial charge in [-0.15, -0.1) is 0 Å². The summed E-state index contributed by atoms with van der Waals surface area (Å²) in [7, 11) is 0. The monoisotopic (exact) mass is 305 g/mol. The van der Waals surface area contributed by atoms with Gasteiger partial charge < -0.3 is 4.74 Å². The van der Waals surface area contributed by atoms with Crippen LogP contribution in [0.15, 0.2) is 30.3 Å². The van der Waals surface area contributed by atoms with Crippen molar-refractivity contribution in [2.24, 2.45) is 0 Å². The molecule has 2 nitrogen and oxygen atoms in total. The molecule has 0 spiro atoms. The molecule has 0 heterocycles. The van der Waals surface area contributed by atoms with Gasteiger partial charge in [-0.05, 0) is 5.56 Å². The van der Waals surface area contributed by atoms with Gasteiger partial charge in [0.1, 0.15) is 0 Å². The van der Waals surface area contributed by atoms with Crippen LogP contribution in [0.1, 0.15) is 5.56 Å².